The van der Waals surface area contributed by atoms with Crippen LogP contribution in [0, 0.1) is 12.8 Å². The van der Waals surface area contributed by atoms with Gasteiger partial charge in [0.15, 0.2) is 5.69 Å². The van der Waals surface area contributed by atoms with E-state index in [-0.39, 0.29) is 35.5 Å². The number of hydrogen-bond donors (Lipinski definition) is 1. The van der Waals surface area contributed by atoms with Crippen molar-refractivity contribution in [2.75, 3.05) is 26.0 Å². The Hall–Kier alpha value is -2.89. The van der Waals surface area contributed by atoms with Gasteiger partial charge in [0.1, 0.15) is 5.00 Å². The van der Waals surface area contributed by atoms with Crippen LogP contribution in [0.5, 0.6) is 0 Å². The molecule has 12 heteroatoms. The van der Waals surface area contributed by atoms with Gasteiger partial charge in [-0.15, -0.1) is 11.3 Å². The van der Waals surface area contributed by atoms with Gasteiger partial charge in [0.05, 0.1) is 29.5 Å². The van der Waals surface area contributed by atoms with Crippen molar-refractivity contribution in [3.63, 3.8) is 0 Å². The lowest BCUT2D eigenvalue weighted by atomic mass is 10.1. The molecule has 1 fully saturated rings. The van der Waals surface area contributed by atoms with Crippen LogP contribution in [-0.4, -0.2) is 53.2 Å². The van der Waals surface area contributed by atoms with Crippen LogP contribution in [0.4, 0.5) is 18.2 Å². The van der Waals surface area contributed by atoms with E-state index < -0.39 is 29.7 Å². The number of carbonyl (C=O) groups excluding carboxylic acids is 3. The molecule has 0 aromatic carbocycles. The van der Waals surface area contributed by atoms with E-state index in [9.17, 15) is 27.6 Å². The molecule has 2 amide bonds. The molecule has 1 N–H and O–H groups in total. The molecule has 0 saturated heterocycles. The number of esters is 1. The summed E-state index contributed by atoms with van der Waals surface area (Å²) < 4.78 is 46.1. The second-order valence-electron chi connectivity index (χ2n) is 8.89. The van der Waals surface area contributed by atoms with Gasteiger partial charge >= 0.3 is 12.1 Å². The minimum atomic E-state index is -4.57. The number of amides is 2. The quantitative estimate of drug-likeness (QED) is 0.490. The molecular formula is C23H29F3N4O4S. The fraction of sp³-hybridized carbons (Fsp3) is 0.565. The smallest absolute Gasteiger partial charge is 0.435 e. The molecule has 8 nitrogen and oxygen atoms in total. The Morgan fingerprint density at radius 2 is 1.97 bits per heavy atom. The number of aromatic nitrogens is 2. The molecule has 35 heavy (non-hydrogen) atoms. The first-order valence-electron chi connectivity index (χ1n) is 11.3. The second kappa shape index (κ2) is 10.4. The monoisotopic (exact) mass is 514 g/mol. The Kier molecular flexibility index (Phi) is 7.93. The van der Waals surface area contributed by atoms with Crippen molar-refractivity contribution in [2.24, 2.45) is 5.92 Å². The summed E-state index contributed by atoms with van der Waals surface area (Å²) in [7, 11) is 3.15. The maximum absolute atomic E-state index is 13.2. The number of nitrogens with one attached hydrogen (secondary N) is 1. The number of thiophene rings is 1. The summed E-state index contributed by atoms with van der Waals surface area (Å²) in [6, 6.07) is 1.05. The van der Waals surface area contributed by atoms with Crippen molar-refractivity contribution in [2.45, 2.75) is 58.7 Å². The molecule has 1 saturated carbocycles. The molecule has 2 aromatic heterocycles. The van der Waals surface area contributed by atoms with Gasteiger partial charge in [-0.2, -0.15) is 18.3 Å². The molecule has 2 heterocycles. The first kappa shape index (κ1) is 26.7. The zero-order valence-corrected chi connectivity index (χ0v) is 21.1. The van der Waals surface area contributed by atoms with E-state index in [1.54, 1.807) is 27.9 Å². The summed E-state index contributed by atoms with van der Waals surface area (Å²) in [6.07, 6.45) is -2.41. The largest absolute Gasteiger partial charge is 0.462 e. The van der Waals surface area contributed by atoms with Gasteiger partial charge in [0.25, 0.3) is 5.91 Å². The van der Waals surface area contributed by atoms with Crippen LogP contribution in [0.15, 0.2) is 6.07 Å². The van der Waals surface area contributed by atoms with Crippen molar-refractivity contribution in [1.82, 2.24) is 14.7 Å². The number of halogens is 3. The Balaban J connectivity index is 1.85. The SMILES string of the molecule is CCCOC(=O)c1c(NC(=O)C(C)Cn2nc(C(F)(F)F)cc2C2CC2)sc(C(=O)N(C)C)c1C. The van der Waals surface area contributed by atoms with Crippen LogP contribution in [0.25, 0.3) is 0 Å². The van der Waals surface area contributed by atoms with E-state index in [1.807, 2.05) is 6.92 Å². The topological polar surface area (TPSA) is 93.5 Å². The molecule has 0 bridgehead atoms. The van der Waals surface area contributed by atoms with Gasteiger partial charge < -0.3 is 15.0 Å². The Bertz CT molecular complexity index is 1120. The predicted octanol–water partition coefficient (Wildman–Crippen LogP) is 4.69. The van der Waals surface area contributed by atoms with E-state index in [2.05, 4.69) is 10.4 Å². The predicted molar refractivity (Wildman–Crippen MR) is 125 cm³/mol. The minimum absolute atomic E-state index is 0.00773. The van der Waals surface area contributed by atoms with Gasteiger partial charge in [-0.25, -0.2) is 4.79 Å². The molecular weight excluding hydrogens is 485 g/mol. The van der Waals surface area contributed by atoms with Crippen molar-refractivity contribution in [3.05, 3.63) is 33.5 Å². The van der Waals surface area contributed by atoms with E-state index in [4.69, 9.17) is 4.74 Å². The summed E-state index contributed by atoms with van der Waals surface area (Å²) in [4.78, 5) is 40.0. The lowest BCUT2D eigenvalue weighted by Gasteiger charge is -2.14. The summed E-state index contributed by atoms with van der Waals surface area (Å²) in [5, 5.41) is 6.56. The average Bonchev–Trinajstić information content (AvgIpc) is 3.45. The fourth-order valence-corrected chi connectivity index (χ4v) is 4.74. The van der Waals surface area contributed by atoms with Crippen LogP contribution in [-0.2, 0) is 22.3 Å². The van der Waals surface area contributed by atoms with Gasteiger partial charge in [-0.3, -0.25) is 14.3 Å². The summed E-state index contributed by atoms with van der Waals surface area (Å²) >= 11 is 0.967. The van der Waals surface area contributed by atoms with Crippen LogP contribution >= 0.6 is 11.3 Å². The number of carbonyl (C=O) groups is 3. The molecule has 0 spiro atoms. The van der Waals surface area contributed by atoms with Gasteiger partial charge in [0, 0.05) is 25.7 Å². The molecule has 3 rings (SSSR count). The van der Waals surface area contributed by atoms with Crippen molar-refractivity contribution >= 4 is 34.1 Å². The van der Waals surface area contributed by atoms with Gasteiger partial charge in [0.2, 0.25) is 5.91 Å². The van der Waals surface area contributed by atoms with Crippen molar-refractivity contribution in [1.29, 1.82) is 0 Å². The normalized spacial score (nSPS) is 14.5. The minimum Gasteiger partial charge on any atom is -0.462 e. The molecule has 1 unspecified atom stereocenters. The average molecular weight is 515 g/mol. The van der Waals surface area contributed by atoms with Gasteiger partial charge in [-0.05, 0) is 37.8 Å². The van der Waals surface area contributed by atoms with E-state index in [0.717, 1.165) is 30.2 Å². The third kappa shape index (κ3) is 6.03. The number of rotatable bonds is 9. The number of nitrogens with zero attached hydrogens (tertiary/aromatic N) is 3. The summed E-state index contributed by atoms with van der Waals surface area (Å²) in [5.74, 6) is -2.24. The highest BCUT2D eigenvalue weighted by Gasteiger charge is 2.38. The number of anilines is 1. The Morgan fingerprint density at radius 3 is 2.51 bits per heavy atom. The first-order chi connectivity index (χ1) is 16.3. The van der Waals surface area contributed by atoms with E-state index in [0.29, 0.717) is 22.6 Å². The maximum atomic E-state index is 13.2. The number of alkyl halides is 3. The third-order valence-corrected chi connectivity index (χ3v) is 6.81. The molecule has 2 aromatic rings. The highest BCUT2D eigenvalue weighted by atomic mass is 32.1. The highest BCUT2D eigenvalue weighted by Crippen LogP contribution is 2.42. The molecule has 1 aliphatic rings. The van der Waals surface area contributed by atoms with Crippen LogP contribution in [0.3, 0.4) is 0 Å². The third-order valence-electron chi connectivity index (χ3n) is 5.62. The number of ether oxygens (including phenoxy) is 1. The first-order valence-corrected chi connectivity index (χ1v) is 12.1. The van der Waals surface area contributed by atoms with E-state index >= 15 is 0 Å². The zero-order chi connectivity index (χ0) is 26.1. The second-order valence-corrected chi connectivity index (χ2v) is 9.92. The molecule has 1 atom stereocenters. The Morgan fingerprint density at radius 1 is 1.31 bits per heavy atom. The van der Waals surface area contributed by atoms with Crippen LogP contribution in [0.2, 0.25) is 0 Å². The Labute approximate surface area is 205 Å². The highest BCUT2D eigenvalue weighted by molar-refractivity contribution is 7.18. The van der Waals surface area contributed by atoms with Crippen LogP contribution < -0.4 is 5.32 Å². The summed E-state index contributed by atoms with van der Waals surface area (Å²) in [5.41, 5.74) is -0.0117. The lowest BCUT2D eigenvalue weighted by Crippen LogP contribution is -2.26. The van der Waals surface area contributed by atoms with Gasteiger partial charge in [-0.1, -0.05) is 13.8 Å². The summed E-state index contributed by atoms with van der Waals surface area (Å²) in [6.45, 7) is 5.15. The maximum Gasteiger partial charge on any atom is 0.435 e. The molecule has 192 valence electrons. The van der Waals surface area contributed by atoms with Crippen molar-refractivity contribution in [3.8, 4) is 0 Å². The zero-order valence-electron chi connectivity index (χ0n) is 20.3. The lowest BCUT2D eigenvalue weighted by molar-refractivity contribution is -0.141. The molecule has 1 aliphatic carbocycles. The van der Waals surface area contributed by atoms with Crippen molar-refractivity contribution < 1.29 is 32.3 Å². The fourth-order valence-electron chi connectivity index (χ4n) is 3.52. The van der Waals surface area contributed by atoms with Crippen LogP contribution in [0.1, 0.15) is 76.0 Å². The standard InChI is InChI=1S/C23H29F3N4O4S/c1-6-9-34-22(33)17-13(3)18(21(32)29(4)5)35-20(17)27-19(31)12(2)11-30-15(14-7-8-14)10-16(28-30)23(24,25)26/h10,12,14H,6-9,11H2,1-5H3,(H,27,31). The molecule has 0 aliphatic heterocycles. The number of hydrogen-bond acceptors (Lipinski definition) is 6. The molecule has 0 radical (unpaired) electrons. The van der Waals surface area contributed by atoms with E-state index in [1.165, 1.54) is 9.58 Å².